The number of ether oxygens (including phenoxy) is 1. The molecule has 1 fully saturated rings. The lowest BCUT2D eigenvalue weighted by Crippen LogP contribution is -2.48. The van der Waals surface area contributed by atoms with E-state index in [-0.39, 0.29) is 29.3 Å². The average Bonchev–Trinajstić information content (AvgIpc) is 2.56. The van der Waals surface area contributed by atoms with Crippen molar-refractivity contribution < 1.29 is 24.2 Å². The molecule has 0 spiro atoms. The van der Waals surface area contributed by atoms with Gasteiger partial charge in [-0.3, -0.25) is 14.4 Å². The van der Waals surface area contributed by atoms with E-state index in [9.17, 15) is 19.5 Å². The van der Waals surface area contributed by atoms with Gasteiger partial charge in [-0.25, -0.2) is 0 Å². The Morgan fingerprint density at radius 1 is 1.26 bits per heavy atom. The minimum Gasteiger partial charge on any atom is -0.507 e. The molecule has 0 amide bonds. The van der Waals surface area contributed by atoms with E-state index in [0.29, 0.717) is 11.1 Å². The summed E-state index contributed by atoms with van der Waals surface area (Å²) in [5.74, 6) is -2.22. The zero-order valence-electron chi connectivity index (χ0n) is 16.7. The molecule has 3 unspecified atom stereocenters. The Kier molecular flexibility index (Phi) is 4.69. The lowest BCUT2D eigenvalue weighted by molar-refractivity contribution is -0.142. The van der Waals surface area contributed by atoms with Crippen LogP contribution < -0.4 is 0 Å². The van der Waals surface area contributed by atoms with Gasteiger partial charge in [-0.05, 0) is 24.2 Å². The Hall–Kier alpha value is -2.17. The van der Waals surface area contributed by atoms with Crippen molar-refractivity contribution in [2.45, 2.75) is 53.9 Å². The van der Waals surface area contributed by atoms with E-state index in [1.165, 1.54) is 6.92 Å². The van der Waals surface area contributed by atoms with Gasteiger partial charge < -0.3 is 9.84 Å². The summed E-state index contributed by atoms with van der Waals surface area (Å²) in [7, 11) is 0. The summed E-state index contributed by atoms with van der Waals surface area (Å²) < 4.78 is 4.98. The Morgan fingerprint density at radius 3 is 2.56 bits per heavy atom. The van der Waals surface area contributed by atoms with Crippen molar-refractivity contribution in [1.29, 1.82) is 0 Å². The second-order valence-electron chi connectivity index (χ2n) is 9.01. The maximum atomic E-state index is 13.1. The van der Waals surface area contributed by atoms with Crippen LogP contribution in [0.15, 0.2) is 34.6 Å². The summed E-state index contributed by atoms with van der Waals surface area (Å²) in [4.78, 5) is 37.1. The van der Waals surface area contributed by atoms with Gasteiger partial charge in [-0.1, -0.05) is 46.3 Å². The third-order valence-corrected chi connectivity index (χ3v) is 6.56. The molecule has 0 heterocycles. The van der Waals surface area contributed by atoms with Crippen LogP contribution in [0.5, 0.6) is 0 Å². The normalized spacial score (nSPS) is 30.8. The first-order valence-corrected chi connectivity index (χ1v) is 9.59. The van der Waals surface area contributed by atoms with Crippen LogP contribution >= 0.6 is 0 Å². The lowest BCUT2D eigenvalue weighted by atomic mass is 9.50. The number of ketones is 2. The largest absolute Gasteiger partial charge is 0.507 e. The Balaban J connectivity index is 2.09. The molecule has 27 heavy (non-hydrogen) atoms. The summed E-state index contributed by atoms with van der Waals surface area (Å²) in [6.07, 6.45) is 6.74. The van der Waals surface area contributed by atoms with Gasteiger partial charge in [0.05, 0.1) is 12.2 Å². The minimum atomic E-state index is -0.676. The highest BCUT2D eigenvalue weighted by molar-refractivity contribution is 6.50. The summed E-state index contributed by atoms with van der Waals surface area (Å²) >= 11 is 0. The van der Waals surface area contributed by atoms with E-state index in [4.69, 9.17) is 4.74 Å². The van der Waals surface area contributed by atoms with E-state index in [1.54, 1.807) is 13.0 Å². The van der Waals surface area contributed by atoms with Gasteiger partial charge in [0.2, 0.25) is 11.6 Å². The topological polar surface area (TPSA) is 80.7 Å². The smallest absolute Gasteiger partial charge is 0.302 e. The number of esters is 1. The molecule has 3 aliphatic rings. The van der Waals surface area contributed by atoms with E-state index in [1.807, 2.05) is 6.92 Å². The molecule has 3 atom stereocenters. The molecule has 0 aromatic carbocycles. The van der Waals surface area contributed by atoms with Gasteiger partial charge in [0, 0.05) is 29.4 Å². The first-order valence-electron chi connectivity index (χ1n) is 9.59. The molecule has 5 nitrogen and oxygen atoms in total. The van der Waals surface area contributed by atoms with Crippen molar-refractivity contribution in [3.8, 4) is 0 Å². The van der Waals surface area contributed by atoms with Gasteiger partial charge in [0.1, 0.15) is 5.76 Å². The first kappa shape index (κ1) is 19.6. The maximum Gasteiger partial charge on any atom is 0.302 e. The Labute approximate surface area is 160 Å². The van der Waals surface area contributed by atoms with Crippen LogP contribution in [-0.4, -0.2) is 29.2 Å². The van der Waals surface area contributed by atoms with E-state index < -0.39 is 28.9 Å². The summed E-state index contributed by atoms with van der Waals surface area (Å²) in [5, 5.41) is 10.9. The van der Waals surface area contributed by atoms with Crippen LogP contribution in [0.2, 0.25) is 0 Å². The number of fused-ring (bicyclic) bond motifs is 2. The zero-order chi connectivity index (χ0) is 20.1. The fourth-order valence-electron chi connectivity index (χ4n) is 5.27. The summed E-state index contributed by atoms with van der Waals surface area (Å²) in [6.45, 7) is 9.35. The van der Waals surface area contributed by atoms with Crippen molar-refractivity contribution in [1.82, 2.24) is 0 Å². The molecule has 0 saturated heterocycles. The van der Waals surface area contributed by atoms with Crippen molar-refractivity contribution in [3.63, 3.8) is 0 Å². The van der Waals surface area contributed by atoms with Crippen molar-refractivity contribution in [2.24, 2.45) is 22.7 Å². The van der Waals surface area contributed by atoms with Gasteiger partial charge in [-0.2, -0.15) is 0 Å². The average molecular weight is 372 g/mol. The highest BCUT2D eigenvalue weighted by atomic mass is 16.5. The highest BCUT2D eigenvalue weighted by Crippen LogP contribution is 2.59. The number of aliphatic hydroxyl groups excluding tert-OH is 1. The molecule has 0 aromatic heterocycles. The monoisotopic (exact) mass is 372 g/mol. The van der Waals surface area contributed by atoms with Crippen LogP contribution in [0.25, 0.3) is 0 Å². The SMILES string of the molecule is CC(=O)OCC(C)C1=C(O)C2=C(C(=O)C1=O)C1(C)CCCC(C)(C)C1C=C2. The third kappa shape index (κ3) is 2.97. The molecule has 1 N–H and O–H groups in total. The van der Waals surface area contributed by atoms with Crippen molar-refractivity contribution in [2.75, 3.05) is 6.61 Å². The Bertz CT molecular complexity index is 811. The van der Waals surface area contributed by atoms with E-state index >= 15 is 0 Å². The molecule has 0 bridgehead atoms. The number of carbonyl (C=O) groups excluding carboxylic acids is 3. The zero-order valence-corrected chi connectivity index (χ0v) is 16.7. The summed E-state index contributed by atoms with van der Waals surface area (Å²) in [5.41, 5.74) is 0.515. The predicted octanol–water partition coefficient (Wildman–Crippen LogP) is 3.85. The number of aliphatic hydroxyl groups is 1. The van der Waals surface area contributed by atoms with Gasteiger partial charge in [0.25, 0.3) is 0 Å². The molecule has 146 valence electrons. The molecule has 0 aromatic rings. The lowest BCUT2D eigenvalue weighted by Gasteiger charge is -2.53. The number of hydrogen-bond donors (Lipinski definition) is 1. The molecule has 0 radical (unpaired) electrons. The number of rotatable bonds is 3. The van der Waals surface area contributed by atoms with Gasteiger partial charge in [-0.15, -0.1) is 0 Å². The first-order chi connectivity index (χ1) is 12.5. The van der Waals surface area contributed by atoms with Crippen LogP contribution in [0.4, 0.5) is 0 Å². The summed E-state index contributed by atoms with van der Waals surface area (Å²) in [6, 6.07) is 0. The van der Waals surface area contributed by atoms with Crippen LogP contribution in [-0.2, 0) is 19.1 Å². The van der Waals surface area contributed by atoms with Gasteiger partial charge >= 0.3 is 5.97 Å². The standard InChI is InChI=1S/C22H28O5/c1-12(11-27-13(2)23)16-18(24)14-7-8-15-21(3,4)9-6-10-22(15,5)17(14)20(26)19(16)25/h7-8,12,15,24H,6,9-11H2,1-5H3. The van der Waals surface area contributed by atoms with Crippen LogP contribution in [0.3, 0.4) is 0 Å². The number of carbonyl (C=O) groups is 3. The van der Waals surface area contributed by atoms with Crippen LogP contribution in [0, 0.1) is 22.7 Å². The molecular weight excluding hydrogens is 344 g/mol. The predicted molar refractivity (Wildman–Crippen MR) is 101 cm³/mol. The number of hydrogen-bond acceptors (Lipinski definition) is 5. The van der Waals surface area contributed by atoms with E-state index in [0.717, 1.165) is 19.3 Å². The Morgan fingerprint density at radius 2 is 1.93 bits per heavy atom. The molecule has 0 aliphatic heterocycles. The fourth-order valence-corrected chi connectivity index (χ4v) is 5.27. The molecular formula is C22H28O5. The van der Waals surface area contributed by atoms with Gasteiger partial charge in [0.15, 0.2) is 0 Å². The second-order valence-corrected chi connectivity index (χ2v) is 9.01. The second kappa shape index (κ2) is 6.47. The fraction of sp³-hybridized carbons (Fsp3) is 0.591. The molecule has 1 saturated carbocycles. The number of allylic oxidation sites excluding steroid dienone is 3. The van der Waals surface area contributed by atoms with Crippen molar-refractivity contribution in [3.05, 3.63) is 34.6 Å². The molecule has 5 heteroatoms. The van der Waals surface area contributed by atoms with E-state index in [2.05, 4.69) is 19.9 Å². The number of Topliss-reactive ketones (excluding diaryl/α,β-unsaturated/α-hetero) is 2. The highest BCUT2D eigenvalue weighted by Gasteiger charge is 2.54. The van der Waals surface area contributed by atoms with Crippen LogP contribution in [0.1, 0.15) is 53.9 Å². The molecule has 3 rings (SSSR count). The molecule has 3 aliphatic carbocycles. The third-order valence-electron chi connectivity index (χ3n) is 6.56. The minimum absolute atomic E-state index is 0.0214. The van der Waals surface area contributed by atoms with Crippen molar-refractivity contribution >= 4 is 17.5 Å². The maximum absolute atomic E-state index is 13.1. The quantitative estimate of drug-likeness (QED) is 0.462.